The van der Waals surface area contributed by atoms with Crippen LogP contribution in [-0.2, 0) is 22.4 Å². The molecule has 0 aliphatic carbocycles. The molecule has 3 rings (SSSR count). The lowest BCUT2D eigenvalue weighted by molar-refractivity contribution is -0.142. The van der Waals surface area contributed by atoms with Crippen molar-refractivity contribution in [3.05, 3.63) is 65.6 Å². The van der Waals surface area contributed by atoms with Gasteiger partial charge < -0.3 is 14.8 Å². The Morgan fingerprint density at radius 2 is 2.00 bits per heavy atom. The van der Waals surface area contributed by atoms with E-state index in [-0.39, 0.29) is 12.3 Å². The largest absolute Gasteiger partial charge is 0.480 e. The summed E-state index contributed by atoms with van der Waals surface area (Å²) in [7, 11) is 0. The van der Waals surface area contributed by atoms with E-state index in [9.17, 15) is 14.7 Å². The third-order valence-electron chi connectivity index (χ3n) is 4.31. The maximum atomic E-state index is 12.5. The van der Waals surface area contributed by atoms with Gasteiger partial charge in [-0.25, -0.2) is 9.78 Å². The maximum Gasteiger partial charge on any atom is 0.326 e. The quantitative estimate of drug-likeness (QED) is 0.466. The molecule has 2 heterocycles. The summed E-state index contributed by atoms with van der Waals surface area (Å²) < 4.78 is 5.27. The summed E-state index contributed by atoms with van der Waals surface area (Å²) in [5.74, 6) is -0.935. The predicted octanol–water partition coefficient (Wildman–Crippen LogP) is 3.30. The molecule has 1 unspecified atom stereocenters. The monoisotopic (exact) mass is 416 g/mol. The number of nitrogens with one attached hydrogen (secondary N) is 1. The molecule has 1 amide bonds. The lowest BCUT2D eigenvalue weighted by Crippen LogP contribution is -2.45. The Morgan fingerprint density at radius 1 is 1.21 bits per heavy atom. The number of furan rings is 1. The van der Waals surface area contributed by atoms with Gasteiger partial charge in [0.15, 0.2) is 0 Å². The van der Waals surface area contributed by atoms with Gasteiger partial charge in [0.25, 0.3) is 0 Å². The van der Waals surface area contributed by atoms with Crippen molar-refractivity contribution in [2.24, 2.45) is 5.92 Å². The van der Waals surface area contributed by atoms with Crippen molar-refractivity contribution in [3.63, 3.8) is 0 Å². The van der Waals surface area contributed by atoms with E-state index in [2.05, 4.69) is 22.9 Å². The van der Waals surface area contributed by atoms with Crippen LogP contribution in [0.4, 0.5) is 0 Å². The van der Waals surface area contributed by atoms with E-state index in [1.165, 1.54) is 17.6 Å². The molecule has 3 aromatic rings. The lowest BCUT2D eigenvalue weighted by atomic mass is 10.0. The number of hydrogen-bond donors (Lipinski definition) is 3. The van der Waals surface area contributed by atoms with Crippen molar-refractivity contribution in [1.29, 1.82) is 0 Å². The number of aromatic nitrogens is 1. The van der Waals surface area contributed by atoms with Gasteiger partial charge in [-0.3, -0.25) is 4.79 Å². The minimum absolute atomic E-state index is 0.194. The third-order valence-corrected chi connectivity index (χ3v) is 5.57. The van der Waals surface area contributed by atoms with Crippen LogP contribution >= 0.6 is 24.0 Å². The number of amides is 1. The summed E-state index contributed by atoms with van der Waals surface area (Å²) >= 11 is 5.76. The molecule has 146 valence electrons. The topological polar surface area (TPSA) is 92.4 Å². The zero-order valence-corrected chi connectivity index (χ0v) is 16.7. The van der Waals surface area contributed by atoms with Gasteiger partial charge in [-0.05, 0) is 17.7 Å². The number of carboxylic acids is 1. The minimum Gasteiger partial charge on any atom is -0.480 e. The zero-order valence-electron chi connectivity index (χ0n) is 14.9. The van der Waals surface area contributed by atoms with Crippen molar-refractivity contribution in [2.45, 2.75) is 18.9 Å². The molecular formula is C20H20N2O4S2. The molecule has 0 aliphatic rings. The van der Waals surface area contributed by atoms with Crippen LogP contribution in [0.1, 0.15) is 11.3 Å². The lowest BCUT2D eigenvalue weighted by Gasteiger charge is -2.19. The number of carbonyl (C=O) groups excluding carboxylic acids is 1. The zero-order chi connectivity index (χ0) is 19.9. The minimum atomic E-state index is -1.08. The van der Waals surface area contributed by atoms with E-state index in [0.29, 0.717) is 17.9 Å². The van der Waals surface area contributed by atoms with Gasteiger partial charge in [0.05, 0.1) is 12.2 Å². The molecule has 0 radical (unpaired) electrons. The molecule has 2 aromatic heterocycles. The number of carbonyl (C=O) groups is 2. The first-order valence-electron chi connectivity index (χ1n) is 8.72. The highest BCUT2D eigenvalue weighted by atomic mass is 32.1. The highest BCUT2D eigenvalue weighted by Crippen LogP contribution is 2.22. The number of thiol groups is 1. The van der Waals surface area contributed by atoms with E-state index in [4.69, 9.17) is 4.42 Å². The predicted molar refractivity (Wildman–Crippen MR) is 111 cm³/mol. The maximum absolute atomic E-state index is 12.5. The fourth-order valence-corrected chi connectivity index (χ4v) is 3.73. The first-order chi connectivity index (χ1) is 13.6. The smallest absolute Gasteiger partial charge is 0.326 e. The number of benzene rings is 1. The van der Waals surface area contributed by atoms with Crippen molar-refractivity contribution < 1.29 is 19.1 Å². The number of aliphatic carboxylic acids is 1. The van der Waals surface area contributed by atoms with Gasteiger partial charge in [0, 0.05) is 35.7 Å². The molecule has 0 saturated carbocycles. The molecule has 0 saturated heterocycles. The highest BCUT2D eigenvalue weighted by molar-refractivity contribution is 7.80. The number of carboxylic acid groups (broad SMARTS) is 1. The fraction of sp³-hybridized carbons (Fsp3) is 0.250. The second-order valence-electron chi connectivity index (χ2n) is 6.30. The molecule has 8 heteroatoms. The third kappa shape index (κ3) is 5.24. The Bertz CT molecular complexity index is 893. The number of rotatable bonds is 9. The Kier molecular flexibility index (Phi) is 6.89. The van der Waals surface area contributed by atoms with Crippen LogP contribution in [0.25, 0.3) is 10.6 Å². The number of nitrogens with zero attached hydrogens (tertiary/aromatic N) is 1. The Hall–Kier alpha value is -2.58. The Balaban J connectivity index is 1.64. The first-order valence-corrected chi connectivity index (χ1v) is 10.2. The van der Waals surface area contributed by atoms with Gasteiger partial charge in [-0.15, -0.1) is 11.3 Å². The molecule has 1 aromatic carbocycles. The van der Waals surface area contributed by atoms with E-state index < -0.39 is 17.9 Å². The molecular weight excluding hydrogens is 396 g/mol. The molecule has 0 fully saturated rings. The van der Waals surface area contributed by atoms with Crippen molar-refractivity contribution in [3.8, 4) is 10.6 Å². The summed E-state index contributed by atoms with van der Waals surface area (Å²) in [6.45, 7) is 0. The van der Waals surface area contributed by atoms with Crippen molar-refractivity contribution >= 4 is 35.8 Å². The van der Waals surface area contributed by atoms with Gasteiger partial charge in [0.2, 0.25) is 5.91 Å². The molecule has 28 heavy (non-hydrogen) atoms. The average molecular weight is 417 g/mol. The molecule has 2 N–H and O–H groups in total. The summed E-state index contributed by atoms with van der Waals surface area (Å²) in [6, 6.07) is 10.0. The molecule has 0 aliphatic heterocycles. The second-order valence-corrected chi connectivity index (χ2v) is 7.56. The van der Waals surface area contributed by atoms with Crippen LogP contribution in [-0.4, -0.2) is 33.8 Å². The van der Waals surface area contributed by atoms with Crippen molar-refractivity contribution in [1.82, 2.24) is 10.3 Å². The van der Waals surface area contributed by atoms with E-state index >= 15 is 0 Å². The summed E-state index contributed by atoms with van der Waals surface area (Å²) in [5.41, 5.74) is 1.80. The van der Waals surface area contributed by atoms with Gasteiger partial charge in [-0.2, -0.15) is 12.6 Å². The molecule has 0 spiro atoms. The number of hydrogen-bond acceptors (Lipinski definition) is 6. The van der Waals surface area contributed by atoms with Crippen LogP contribution in [0.2, 0.25) is 0 Å². The van der Waals surface area contributed by atoms with Crippen LogP contribution in [0.15, 0.2) is 58.7 Å². The Labute approximate surface area is 172 Å². The van der Waals surface area contributed by atoms with Gasteiger partial charge >= 0.3 is 5.97 Å². The summed E-state index contributed by atoms with van der Waals surface area (Å²) in [5, 5.41) is 15.0. The van der Waals surface area contributed by atoms with Crippen LogP contribution in [0, 0.1) is 5.92 Å². The number of thiazole rings is 1. The van der Waals surface area contributed by atoms with Gasteiger partial charge in [-0.1, -0.05) is 24.3 Å². The summed E-state index contributed by atoms with van der Waals surface area (Å²) in [6.07, 6.45) is 3.85. The van der Waals surface area contributed by atoms with Gasteiger partial charge in [0.1, 0.15) is 16.8 Å². The normalized spacial score (nSPS) is 13.0. The highest BCUT2D eigenvalue weighted by Gasteiger charge is 2.25. The van der Waals surface area contributed by atoms with Crippen LogP contribution in [0.5, 0.6) is 0 Å². The average Bonchev–Trinajstić information content (AvgIpc) is 3.40. The van der Waals surface area contributed by atoms with Crippen molar-refractivity contribution in [2.75, 3.05) is 5.75 Å². The van der Waals surface area contributed by atoms with E-state index in [0.717, 1.165) is 16.1 Å². The SMILES string of the molecule is O=C(N[C@@H](Cc1ccc(-c2nccs2)cc1)C(=O)O)C(CS)Cc1ccco1. The van der Waals surface area contributed by atoms with Crippen LogP contribution < -0.4 is 5.32 Å². The van der Waals surface area contributed by atoms with E-state index in [1.54, 1.807) is 18.3 Å². The second kappa shape index (κ2) is 9.57. The van der Waals surface area contributed by atoms with Crippen LogP contribution in [0.3, 0.4) is 0 Å². The Morgan fingerprint density at radius 3 is 2.57 bits per heavy atom. The fourth-order valence-electron chi connectivity index (χ4n) is 2.79. The molecule has 6 nitrogen and oxygen atoms in total. The molecule has 2 atom stereocenters. The molecule has 0 bridgehead atoms. The summed E-state index contributed by atoms with van der Waals surface area (Å²) in [4.78, 5) is 28.5. The van der Waals surface area contributed by atoms with E-state index in [1.807, 2.05) is 29.6 Å². The first kappa shape index (κ1) is 20.2. The standard InChI is InChI=1S/C20H20N2O4S2/c23-18(15(12-27)11-16-2-1-8-26-16)22-17(20(24)25)10-13-3-5-14(6-4-13)19-21-7-9-28-19/h1-9,15,17,27H,10-12H2,(H,22,23)(H,24,25)/t15?,17-/m0/s1.